The SMILES string of the molecule is CCC(CNC(=NC)NCc1ccc(C)cc1OC)N1CCCC1. The van der Waals surface area contributed by atoms with Crippen molar-refractivity contribution in [2.75, 3.05) is 33.8 Å². The summed E-state index contributed by atoms with van der Waals surface area (Å²) in [5.74, 6) is 1.76. The standard InChI is InChI=1S/C19H32N4O/c1-5-17(23-10-6-7-11-23)14-22-19(20-3)21-13-16-9-8-15(2)12-18(16)24-4/h8-9,12,17H,5-7,10-11,13-14H2,1-4H3,(H2,20,21,22). The second-order valence-electron chi connectivity index (χ2n) is 6.43. The summed E-state index contributed by atoms with van der Waals surface area (Å²) >= 11 is 0. The van der Waals surface area contributed by atoms with Crippen LogP contribution in [0.15, 0.2) is 23.2 Å². The van der Waals surface area contributed by atoms with Gasteiger partial charge in [-0.3, -0.25) is 9.89 Å². The second-order valence-corrected chi connectivity index (χ2v) is 6.43. The van der Waals surface area contributed by atoms with Crippen molar-refractivity contribution in [3.63, 3.8) is 0 Å². The average Bonchev–Trinajstić information content (AvgIpc) is 3.13. The fourth-order valence-corrected chi connectivity index (χ4v) is 3.25. The van der Waals surface area contributed by atoms with Gasteiger partial charge in [-0.1, -0.05) is 19.1 Å². The predicted molar refractivity (Wildman–Crippen MR) is 101 cm³/mol. The van der Waals surface area contributed by atoms with E-state index in [1.807, 2.05) is 7.05 Å². The minimum absolute atomic E-state index is 0.583. The Morgan fingerprint density at radius 2 is 2.04 bits per heavy atom. The third kappa shape index (κ3) is 5.13. The van der Waals surface area contributed by atoms with Crippen LogP contribution in [0.4, 0.5) is 0 Å². The van der Waals surface area contributed by atoms with Gasteiger partial charge in [-0.25, -0.2) is 0 Å². The molecule has 0 radical (unpaired) electrons. The first-order valence-electron chi connectivity index (χ1n) is 9.00. The van der Waals surface area contributed by atoms with Crippen LogP contribution in [0, 0.1) is 6.92 Å². The smallest absolute Gasteiger partial charge is 0.191 e. The highest BCUT2D eigenvalue weighted by molar-refractivity contribution is 5.79. The Hall–Kier alpha value is -1.75. The number of hydrogen-bond donors (Lipinski definition) is 2. The fraction of sp³-hybridized carbons (Fsp3) is 0.632. The van der Waals surface area contributed by atoms with Gasteiger partial charge >= 0.3 is 0 Å². The molecule has 1 heterocycles. The lowest BCUT2D eigenvalue weighted by Crippen LogP contribution is -2.46. The van der Waals surface area contributed by atoms with Gasteiger partial charge in [0.2, 0.25) is 0 Å². The van der Waals surface area contributed by atoms with Gasteiger partial charge in [0.15, 0.2) is 5.96 Å². The van der Waals surface area contributed by atoms with E-state index in [9.17, 15) is 0 Å². The third-order valence-corrected chi connectivity index (χ3v) is 4.75. The first-order chi connectivity index (χ1) is 11.7. The van der Waals surface area contributed by atoms with Crippen LogP contribution in [0.5, 0.6) is 5.75 Å². The van der Waals surface area contributed by atoms with Gasteiger partial charge in [-0.05, 0) is 50.9 Å². The zero-order valence-electron chi connectivity index (χ0n) is 15.6. The Labute approximate surface area is 146 Å². The minimum Gasteiger partial charge on any atom is -0.496 e. The van der Waals surface area contributed by atoms with Gasteiger partial charge in [0.05, 0.1) is 7.11 Å². The summed E-state index contributed by atoms with van der Waals surface area (Å²) in [6, 6.07) is 6.86. The highest BCUT2D eigenvalue weighted by Gasteiger charge is 2.20. The molecule has 0 aromatic heterocycles. The van der Waals surface area contributed by atoms with Crippen LogP contribution >= 0.6 is 0 Å². The molecule has 1 aromatic rings. The van der Waals surface area contributed by atoms with E-state index in [0.29, 0.717) is 12.6 Å². The highest BCUT2D eigenvalue weighted by atomic mass is 16.5. The molecule has 1 aromatic carbocycles. The van der Waals surface area contributed by atoms with Gasteiger partial charge < -0.3 is 15.4 Å². The predicted octanol–water partition coefficient (Wildman–Crippen LogP) is 2.54. The van der Waals surface area contributed by atoms with Gasteiger partial charge in [-0.2, -0.15) is 0 Å². The quantitative estimate of drug-likeness (QED) is 0.595. The van der Waals surface area contributed by atoms with Crippen LogP contribution in [0.25, 0.3) is 0 Å². The number of nitrogens with one attached hydrogen (secondary N) is 2. The van der Waals surface area contributed by atoms with E-state index in [2.05, 4.69) is 52.6 Å². The number of methoxy groups -OCH3 is 1. The molecule has 1 unspecified atom stereocenters. The zero-order chi connectivity index (χ0) is 17.4. The van der Waals surface area contributed by atoms with Gasteiger partial charge in [0, 0.05) is 31.7 Å². The summed E-state index contributed by atoms with van der Waals surface area (Å²) in [7, 11) is 3.53. The largest absolute Gasteiger partial charge is 0.496 e. The number of guanidine groups is 1. The van der Waals surface area contributed by atoms with Crippen molar-refractivity contribution in [3.05, 3.63) is 29.3 Å². The lowest BCUT2D eigenvalue weighted by Gasteiger charge is -2.27. The molecule has 134 valence electrons. The Balaban J connectivity index is 1.86. The van der Waals surface area contributed by atoms with Crippen LogP contribution in [-0.4, -0.2) is 50.7 Å². The number of hydrogen-bond acceptors (Lipinski definition) is 3. The summed E-state index contributed by atoms with van der Waals surface area (Å²) in [5.41, 5.74) is 2.34. The molecule has 1 saturated heterocycles. The number of benzene rings is 1. The van der Waals surface area contributed by atoms with E-state index in [1.165, 1.54) is 31.5 Å². The van der Waals surface area contributed by atoms with E-state index >= 15 is 0 Å². The number of rotatable bonds is 7. The molecule has 1 fully saturated rings. The number of nitrogens with zero attached hydrogens (tertiary/aromatic N) is 2. The van der Waals surface area contributed by atoms with E-state index in [1.54, 1.807) is 7.11 Å². The van der Waals surface area contributed by atoms with Crippen molar-refractivity contribution in [1.82, 2.24) is 15.5 Å². The van der Waals surface area contributed by atoms with Crippen molar-refractivity contribution >= 4 is 5.96 Å². The first kappa shape index (κ1) is 18.6. The van der Waals surface area contributed by atoms with E-state index < -0.39 is 0 Å². The van der Waals surface area contributed by atoms with E-state index in [-0.39, 0.29) is 0 Å². The second kappa shape index (κ2) is 9.52. The Bertz CT molecular complexity index is 538. The summed E-state index contributed by atoms with van der Waals surface area (Å²) in [6.45, 7) is 8.42. The summed E-state index contributed by atoms with van der Waals surface area (Å²) in [4.78, 5) is 6.93. The summed E-state index contributed by atoms with van der Waals surface area (Å²) in [5, 5.41) is 6.86. The molecule has 0 amide bonds. The Morgan fingerprint density at radius 1 is 1.29 bits per heavy atom. The zero-order valence-corrected chi connectivity index (χ0v) is 15.6. The van der Waals surface area contributed by atoms with Gasteiger partial charge in [0.1, 0.15) is 5.75 Å². The number of likely N-dealkylation sites (tertiary alicyclic amines) is 1. The van der Waals surface area contributed by atoms with Crippen LogP contribution < -0.4 is 15.4 Å². The normalized spacial score (nSPS) is 16.9. The Kier molecular flexibility index (Phi) is 7.37. The molecule has 0 aliphatic carbocycles. The van der Waals surface area contributed by atoms with Crippen molar-refractivity contribution in [2.24, 2.45) is 4.99 Å². The molecule has 0 bridgehead atoms. The third-order valence-electron chi connectivity index (χ3n) is 4.75. The topological polar surface area (TPSA) is 48.9 Å². The molecule has 0 saturated carbocycles. The minimum atomic E-state index is 0.583. The molecule has 1 aliphatic rings. The maximum absolute atomic E-state index is 5.47. The molecule has 5 nitrogen and oxygen atoms in total. The molecule has 1 atom stereocenters. The number of aryl methyl sites for hydroxylation is 1. The molecular formula is C19H32N4O. The number of ether oxygens (including phenoxy) is 1. The van der Waals surface area contributed by atoms with Crippen LogP contribution in [-0.2, 0) is 6.54 Å². The number of aliphatic imine (C=N–C) groups is 1. The van der Waals surface area contributed by atoms with Crippen molar-refractivity contribution in [3.8, 4) is 5.75 Å². The van der Waals surface area contributed by atoms with Crippen molar-refractivity contribution < 1.29 is 4.74 Å². The average molecular weight is 332 g/mol. The Morgan fingerprint density at radius 3 is 2.67 bits per heavy atom. The van der Waals surface area contributed by atoms with E-state index in [4.69, 9.17) is 4.74 Å². The monoisotopic (exact) mass is 332 g/mol. The molecule has 1 aliphatic heterocycles. The molecule has 2 N–H and O–H groups in total. The first-order valence-corrected chi connectivity index (χ1v) is 9.00. The van der Waals surface area contributed by atoms with Gasteiger partial charge in [0.25, 0.3) is 0 Å². The lowest BCUT2D eigenvalue weighted by molar-refractivity contribution is 0.236. The summed E-state index contributed by atoms with van der Waals surface area (Å²) in [6.07, 6.45) is 3.82. The maximum atomic E-state index is 5.47. The van der Waals surface area contributed by atoms with Crippen molar-refractivity contribution in [2.45, 2.75) is 45.7 Å². The van der Waals surface area contributed by atoms with Crippen molar-refractivity contribution in [1.29, 1.82) is 0 Å². The van der Waals surface area contributed by atoms with Gasteiger partial charge in [-0.15, -0.1) is 0 Å². The molecule has 24 heavy (non-hydrogen) atoms. The molecular weight excluding hydrogens is 300 g/mol. The highest BCUT2D eigenvalue weighted by Crippen LogP contribution is 2.19. The lowest BCUT2D eigenvalue weighted by atomic mass is 10.1. The molecule has 5 heteroatoms. The van der Waals surface area contributed by atoms with Crippen LogP contribution in [0.1, 0.15) is 37.3 Å². The molecule has 0 spiro atoms. The fourth-order valence-electron chi connectivity index (χ4n) is 3.25. The molecule has 2 rings (SSSR count). The van der Waals surface area contributed by atoms with Crippen LogP contribution in [0.3, 0.4) is 0 Å². The maximum Gasteiger partial charge on any atom is 0.191 e. The van der Waals surface area contributed by atoms with Crippen LogP contribution in [0.2, 0.25) is 0 Å². The van der Waals surface area contributed by atoms with E-state index in [0.717, 1.165) is 30.2 Å². The summed E-state index contributed by atoms with van der Waals surface area (Å²) < 4.78 is 5.47.